The molecule has 0 bridgehead atoms. The average molecular weight is 441 g/mol. The molecule has 0 saturated carbocycles. The van der Waals surface area contributed by atoms with Crippen LogP contribution in [0.15, 0.2) is 84.4 Å². The van der Waals surface area contributed by atoms with Crippen LogP contribution in [-0.4, -0.2) is 16.9 Å². The topological polar surface area (TPSA) is 40.6 Å². The Balaban J connectivity index is 1.82. The standard InChI is InChI=1S/C27H24N2O2S/c1-18(2)21-13-11-20(12-14-21)17-24-25(30)28(22-7-5-4-6-8-22)27(32)29(26(24)31)23-15-9-19(3)10-16-23/h4-18H,1-3H3/b24-17+. The van der Waals surface area contributed by atoms with Gasteiger partial charge in [0.25, 0.3) is 11.8 Å². The second kappa shape index (κ2) is 8.89. The van der Waals surface area contributed by atoms with Crippen LogP contribution >= 0.6 is 12.2 Å². The molecule has 1 aliphatic heterocycles. The maximum absolute atomic E-state index is 13.5. The summed E-state index contributed by atoms with van der Waals surface area (Å²) in [7, 11) is 0. The molecule has 1 heterocycles. The first-order valence-electron chi connectivity index (χ1n) is 10.5. The molecule has 4 rings (SSSR count). The summed E-state index contributed by atoms with van der Waals surface area (Å²) < 4.78 is 0. The van der Waals surface area contributed by atoms with Crippen molar-refractivity contribution < 1.29 is 9.59 Å². The Morgan fingerprint density at radius 2 is 1.28 bits per heavy atom. The van der Waals surface area contributed by atoms with Crippen LogP contribution in [0.2, 0.25) is 0 Å². The largest absolute Gasteiger partial charge is 0.270 e. The van der Waals surface area contributed by atoms with Gasteiger partial charge in [-0.05, 0) is 66.5 Å². The third-order valence-electron chi connectivity index (χ3n) is 5.47. The molecule has 0 spiro atoms. The molecule has 160 valence electrons. The Bertz CT molecular complexity index is 1200. The molecule has 0 aliphatic carbocycles. The van der Waals surface area contributed by atoms with Crippen LogP contribution in [0.25, 0.3) is 6.08 Å². The summed E-state index contributed by atoms with van der Waals surface area (Å²) in [5.41, 5.74) is 4.37. The fourth-order valence-corrected chi connectivity index (χ4v) is 3.98. The molecular weight excluding hydrogens is 416 g/mol. The van der Waals surface area contributed by atoms with Crippen molar-refractivity contribution in [2.75, 3.05) is 9.80 Å². The molecule has 2 amide bonds. The first kappa shape index (κ1) is 21.7. The van der Waals surface area contributed by atoms with Gasteiger partial charge in [-0.25, -0.2) is 0 Å². The number of benzene rings is 3. The first-order valence-corrected chi connectivity index (χ1v) is 10.9. The fraction of sp³-hybridized carbons (Fsp3) is 0.148. The lowest BCUT2D eigenvalue weighted by Gasteiger charge is -2.36. The lowest BCUT2D eigenvalue weighted by atomic mass is 10.00. The molecule has 0 unspecified atom stereocenters. The number of aryl methyl sites for hydroxylation is 1. The minimum Gasteiger partial charge on any atom is -0.268 e. The van der Waals surface area contributed by atoms with Crippen LogP contribution in [0.4, 0.5) is 11.4 Å². The molecule has 0 atom stereocenters. The maximum atomic E-state index is 13.5. The van der Waals surface area contributed by atoms with Crippen molar-refractivity contribution in [1.82, 2.24) is 0 Å². The molecular formula is C27H24N2O2S. The summed E-state index contributed by atoms with van der Waals surface area (Å²) in [6.07, 6.45) is 1.65. The number of amides is 2. The molecule has 32 heavy (non-hydrogen) atoms. The normalized spacial score (nSPS) is 15.8. The SMILES string of the molecule is Cc1ccc(N2C(=O)/C(=C/c3ccc(C(C)C)cc3)C(=O)N(c3ccccc3)C2=S)cc1. The van der Waals surface area contributed by atoms with E-state index in [0.29, 0.717) is 17.3 Å². The van der Waals surface area contributed by atoms with Crippen LogP contribution in [0, 0.1) is 6.92 Å². The Labute approximate surface area is 193 Å². The summed E-state index contributed by atoms with van der Waals surface area (Å²) in [6, 6.07) is 24.6. The maximum Gasteiger partial charge on any atom is 0.270 e. The number of hydrogen-bond acceptors (Lipinski definition) is 3. The number of para-hydroxylation sites is 1. The highest BCUT2D eigenvalue weighted by atomic mass is 32.1. The summed E-state index contributed by atoms with van der Waals surface area (Å²) in [4.78, 5) is 29.8. The zero-order valence-electron chi connectivity index (χ0n) is 18.3. The van der Waals surface area contributed by atoms with Gasteiger partial charge in [0, 0.05) is 0 Å². The predicted octanol–water partition coefficient (Wildman–Crippen LogP) is 5.87. The highest BCUT2D eigenvalue weighted by Crippen LogP contribution is 2.30. The zero-order valence-corrected chi connectivity index (χ0v) is 19.1. The second-order valence-electron chi connectivity index (χ2n) is 8.11. The molecule has 0 radical (unpaired) electrons. The van der Waals surface area contributed by atoms with Crippen molar-refractivity contribution in [2.45, 2.75) is 26.7 Å². The molecule has 4 nitrogen and oxygen atoms in total. The van der Waals surface area contributed by atoms with E-state index in [1.54, 1.807) is 6.08 Å². The van der Waals surface area contributed by atoms with Crippen molar-refractivity contribution in [3.8, 4) is 0 Å². The van der Waals surface area contributed by atoms with Gasteiger partial charge in [0.1, 0.15) is 5.57 Å². The van der Waals surface area contributed by atoms with E-state index >= 15 is 0 Å². The van der Waals surface area contributed by atoms with E-state index in [9.17, 15) is 9.59 Å². The van der Waals surface area contributed by atoms with E-state index in [0.717, 1.165) is 11.1 Å². The van der Waals surface area contributed by atoms with Crippen LogP contribution < -0.4 is 9.80 Å². The number of carbonyl (C=O) groups is 2. The smallest absolute Gasteiger partial charge is 0.268 e. The molecule has 0 N–H and O–H groups in total. The van der Waals surface area contributed by atoms with E-state index in [-0.39, 0.29) is 10.7 Å². The van der Waals surface area contributed by atoms with Crippen molar-refractivity contribution >= 4 is 46.6 Å². The van der Waals surface area contributed by atoms with Crippen molar-refractivity contribution in [2.24, 2.45) is 0 Å². The lowest BCUT2D eigenvalue weighted by molar-refractivity contribution is -0.120. The van der Waals surface area contributed by atoms with Crippen molar-refractivity contribution in [1.29, 1.82) is 0 Å². The van der Waals surface area contributed by atoms with E-state index in [2.05, 4.69) is 13.8 Å². The molecule has 1 fully saturated rings. The van der Waals surface area contributed by atoms with Crippen LogP contribution in [-0.2, 0) is 9.59 Å². The van der Waals surface area contributed by atoms with Crippen LogP contribution in [0.1, 0.15) is 36.5 Å². The second-order valence-corrected chi connectivity index (χ2v) is 8.48. The molecule has 1 aliphatic rings. The predicted molar refractivity (Wildman–Crippen MR) is 134 cm³/mol. The van der Waals surface area contributed by atoms with E-state index < -0.39 is 11.8 Å². The van der Waals surface area contributed by atoms with Gasteiger partial charge in [-0.2, -0.15) is 0 Å². The van der Waals surface area contributed by atoms with Gasteiger partial charge >= 0.3 is 0 Å². The molecule has 1 saturated heterocycles. The Morgan fingerprint density at radius 3 is 1.81 bits per heavy atom. The van der Waals surface area contributed by atoms with Crippen LogP contribution in [0.3, 0.4) is 0 Å². The van der Waals surface area contributed by atoms with Gasteiger partial charge in [-0.15, -0.1) is 0 Å². The highest BCUT2D eigenvalue weighted by molar-refractivity contribution is 7.81. The Morgan fingerprint density at radius 1 is 0.750 bits per heavy atom. The molecule has 3 aromatic rings. The van der Waals surface area contributed by atoms with Crippen LogP contribution in [0.5, 0.6) is 0 Å². The van der Waals surface area contributed by atoms with Gasteiger partial charge in [0.05, 0.1) is 11.4 Å². The number of nitrogens with zero attached hydrogens (tertiary/aromatic N) is 2. The molecule has 3 aromatic carbocycles. The quantitative estimate of drug-likeness (QED) is 0.290. The minimum atomic E-state index is -0.428. The summed E-state index contributed by atoms with van der Waals surface area (Å²) in [6.45, 7) is 6.23. The van der Waals surface area contributed by atoms with Crippen molar-refractivity contribution in [3.05, 3.63) is 101 Å². The average Bonchev–Trinajstić information content (AvgIpc) is 2.79. The fourth-order valence-electron chi connectivity index (χ4n) is 3.60. The Hall–Kier alpha value is -3.57. The van der Waals surface area contributed by atoms with Gasteiger partial charge in [-0.3, -0.25) is 19.4 Å². The summed E-state index contributed by atoms with van der Waals surface area (Å²) in [5, 5.41) is 0.141. The first-order chi connectivity index (χ1) is 15.4. The van der Waals surface area contributed by atoms with E-state index in [1.807, 2.05) is 85.8 Å². The van der Waals surface area contributed by atoms with Gasteiger partial charge in [0.2, 0.25) is 0 Å². The van der Waals surface area contributed by atoms with Gasteiger partial charge < -0.3 is 0 Å². The third kappa shape index (κ3) is 4.12. The zero-order chi connectivity index (χ0) is 22.8. The molecule has 0 aromatic heterocycles. The number of rotatable bonds is 4. The summed E-state index contributed by atoms with van der Waals surface area (Å²) >= 11 is 5.65. The number of carbonyl (C=O) groups excluding carboxylic acids is 2. The highest BCUT2D eigenvalue weighted by Gasteiger charge is 2.41. The number of thiocarbonyl (C=S) groups is 1. The van der Waals surface area contributed by atoms with E-state index in [4.69, 9.17) is 12.2 Å². The molecule has 5 heteroatoms. The van der Waals surface area contributed by atoms with Gasteiger partial charge in [-0.1, -0.05) is 74.0 Å². The number of anilines is 2. The minimum absolute atomic E-state index is 0.0697. The van der Waals surface area contributed by atoms with Gasteiger partial charge in [0.15, 0.2) is 5.11 Å². The van der Waals surface area contributed by atoms with E-state index in [1.165, 1.54) is 15.4 Å². The number of hydrogen-bond donors (Lipinski definition) is 0. The monoisotopic (exact) mass is 440 g/mol. The lowest BCUT2D eigenvalue weighted by Crippen LogP contribution is -2.56. The van der Waals surface area contributed by atoms with Crippen molar-refractivity contribution in [3.63, 3.8) is 0 Å². The Kier molecular flexibility index (Phi) is 6.01. The third-order valence-corrected chi connectivity index (χ3v) is 5.84. The summed E-state index contributed by atoms with van der Waals surface area (Å²) in [5.74, 6) is -0.455.